The van der Waals surface area contributed by atoms with E-state index in [1.807, 2.05) is 0 Å². The normalized spacial score (nSPS) is 9.89. The molecule has 2 aromatic heterocycles. The molecule has 0 atom stereocenters. The monoisotopic (exact) mass is 246 g/mol. The Kier molecular flexibility index (Phi) is 3.47. The maximum Gasteiger partial charge on any atom is 0.275 e. The molecule has 0 aliphatic carbocycles. The minimum atomic E-state index is -0.455. The van der Waals surface area contributed by atoms with Crippen LogP contribution in [0.5, 0.6) is 0 Å². The molecule has 0 aliphatic rings. The Morgan fingerprint density at radius 2 is 2.06 bits per heavy atom. The van der Waals surface area contributed by atoms with Gasteiger partial charge in [-0.1, -0.05) is 6.07 Å². The Morgan fingerprint density at radius 3 is 2.72 bits per heavy atom. The van der Waals surface area contributed by atoms with Crippen molar-refractivity contribution in [3.63, 3.8) is 0 Å². The van der Waals surface area contributed by atoms with Crippen molar-refractivity contribution >= 4 is 17.5 Å². The summed E-state index contributed by atoms with van der Waals surface area (Å²) in [5.41, 5.74) is 0.257. The number of pyridine rings is 2. The first-order valence-electron chi connectivity index (χ1n) is 5.27. The topological polar surface area (TPSA) is 66.9 Å². The van der Waals surface area contributed by atoms with Crippen LogP contribution < -0.4 is 10.6 Å². The minimum Gasteiger partial charge on any atom is -0.373 e. The van der Waals surface area contributed by atoms with E-state index in [-0.39, 0.29) is 11.5 Å². The number of halogens is 1. The molecule has 0 saturated heterocycles. The van der Waals surface area contributed by atoms with Gasteiger partial charge in [0.2, 0.25) is 0 Å². The van der Waals surface area contributed by atoms with E-state index in [1.165, 1.54) is 12.1 Å². The summed E-state index contributed by atoms with van der Waals surface area (Å²) >= 11 is 0. The molecular weight excluding hydrogens is 235 g/mol. The van der Waals surface area contributed by atoms with Crippen molar-refractivity contribution in [2.45, 2.75) is 0 Å². The molecule has 2 aromatic rings. The average Bonchev–Trinajstić information content (AvgIpc) is 2.41. The number of nitrogens with zero attached hydrogens (tertiary/aromatic N) is 2. The maximum absolute atomic E-state index is 12.6. The number of rotatable bonds is 3. The molecule has 0 bridgehead atoms. The lowest BCUT2D eigenvalue weighted by atomic mass is 10.3. The van der Waals surface area contributed by atoms with Crippen LogP contribution in [0.1, 0.15) is 10.5 Å². The van der Waals surface area contributed by atoms with Crippen molar-refractivity contribution in [1.82, 2.24) is 9.97 Å². The quantitative estimate of drug-likeness (QED) is 0.868. The molecule has 2 heterocycles. The molecule has 0 aliphatic heterocycles. The Hall–Kier alpha value is -2.50. The molecule has 2 rings (SSSR count). The summed E-state index contributed by atoms with van der Waals surface area (Å²) in [5.74, 6) is 0.0160. The zero-order valence-corrected chi connectivity index (χ0v) is 9.64. The highest BCUT2D eigenvalue weighted by Gasteiger charge is 2.08. The lowest BCUT2D eigenvalue weighted by molar-refractivity contribution is 0.102. The van der Waals surface area contributed by atoms with E-state index in [9.17, 15) is 9.18 Å². The third-order valence-corrected chi connectivity index (χ3v) is 2.21. The van der Waals surface area contributed by atoms with Crippen molar-refractivity contribution in [2.75, 3.05) is 17.7 Å². The smallest absolute Gasteiger partial charge is 0.275 e. The highest BCUT2D eigenvalue weighted by Crippen LogP contribution is 2.08. The zero-order valence-electron chi connectivity index (χ0n) is 9.64. The van der Waals surface area contributed by atoms with Gasteiger partial charge in [-0.05, 0) is 24.3 Å². The van der Waals surface area contributed by atoms with Crippen molar-refractivity contribution in [3.05, 3.63) is 48.0 Å². The summed E-state index contributed by atoms with van der Waals surface area (Å²) in [5, 5.41) is 5.37. The molecule has 0 radical (unpaired) electrons. The highest BCUT2D eigenvalue weighted by molar-refractivity contribution is 6.02. The largest absolute Gasteiger partial charge is 0.373 e. The van der Waals surface area contributed by atoms with Gasteiger partial charge >= 0.3 is 0 Å². The van der Waals surface area contributed by atoms with Gasteiger partial charge in [-0.25, -0.2) is 14.4 Å². The van der Waals surface area contributed by atoms with Crippen LogP contribution in [0, 0.1) is 5.82 Å². The summed E-state index contributed by atoms with van der Waals surface area (Å²) in [6, 6.07) is 7.65. The number of carbonyl (C=O) groups excluding carboxylic acids is 1. The molecule has 2 N–H and O–H groups in total. The molecule has 18 heavy (non-hydrogen) atoms. The Bertz CT molecular complexity index is 556. The van der Waals surface area contributed by atoms with Crippen molar-refractivity contribution < 1.29 is 9.18 Å². The van der Waals surface area contributed by atoms with Gasteiger partial charge in [0.15, 0.2) is 0 Å². The summed E-state index contributed by atoms with van der Waals surface area (Å²) < 4.78 is 12.6. The van der Waals surface area contributed by atoms with Gasteiger partial charge < -0.3 is 10.6 Å². The SMILES string of the molecule is CNc1cccc(C(=O)Nc2ccc(F)cn2)n1. The van der Waals surface area contributed by atoms with Gasteiger partial charge in [0.05, 0.1) is 6.20 Å². The van der Waals surface area contributed by atoms with Gasteiger partial charge in [0.1, 0.15) is 23.1 Å². The second-order valence-corrected chi connectivity index (χ2v) is 3.47. The van der Waals surface area contributed by atoms with Crippen molar-refractivity contribution in [1.29, 1.82) is 0 Å². The van der Waals surface area contributed by atoms with Crippen LogP contribution in [0.3, 0.4) is 0 Å². The summed E-state index contributed by atoms with van der Waals surface area (Å²) in [4.78, 5) is 19.6. The van der Waals surface area contributed by atoms with Crippen LogP contribution in [0.4, 0.5) is 16.0 Å². The third kappa shape index (κ3) is 2.79. The molecule has 6 heteroatoms. The Balaban J connectivity index is 2.14. The van der Waals surface area contributed by atoms with E-state index in [0.29, 0.717) is 5.82 Å². The lowest BCUT2D eigenvalue weighted by Crippen LogP contribution is -2.15. The number of nitrogens with one attached hydrogen (secondary N) is 2. The maximum atomic E-state index is 12.6. The molecular formula is C12H11FN4O. The first-order chi connectivity index (χ1) is 8.69. The van der Waals surface area contributed by atoms with Gasteiger partial charge in [-0.3, -0.25) is 4.79 Å². The number of hydrogen-bond donors (Lipinski definition) is 2. The van der Waals surface area contributed by atoms with Crippen LogP contribution >= 0.6 is 0 Å². The van der Waals surface area contributed by atoms with Crippen molar-refractivity contribution in [2.24, 2.45) is 0 Å². The average molecular weight is 246 g/mol. The van der Waals surface area contributed by atoms with E-state index >= 15 is 0 Å². The first kappa shape index (κ1) is 12.0. The van der Waals surface area contributed by atoms with E-state index in [2.05, 4.69) is 20.6 Å². The number of amides is 1. The molecule has 0 fully saturated rings. The fraction of sp³-hybridized carbons (Fsp3) is 0.0833. The number of hydrogen-bond acceptors (Lipinski definition) is 4. The van der Waals surface area contributed by atoms with Gasteiger partial charge in [-0.2, -0.15) is 0 Å². The molecule has 0 saturated carbocycles. The molecule has 1 amide bonds. The predicted octanol–water partition coefficient (Wildman–Crippen LogP) is 1.91. The lowest BCUT2D eigenvalue weighted by Gasteiger charge is -2.05. The Morgan fingerprint density at radius 1 is 1.22 bits per heavy atom. The first-order valence-corrected chi connectivity index (χ1v) is 5.27. The second kappa shape index (κ2) is 5.22. The fourth-order valence-electron chi connectivity index (χ4n) is 1.33. The number of anilines is 2. The zero-order chi connectivity index (χ0) is 13.0. The molecule has 0 unspecified atom stereocenters. The molecule has 5 nitrogen and oxygen atoms in total. The van der Waals surface area contributed by atoms with Crippen LogP contribution in [0.25, 0.3) is 0 Å². The number of aromatic nitrogens is 2. The fourth-order valence-corrected chi connectivity index (χ4v) is 1.33. The standard InChI is InChI=1S/C12H11FN4O/c1-14-10-4-2-3-9(16-10)12(18)17-11-6-5-8(13)7-15-11/h2-7H,1H3,(H,14,16)(H,15,17,18). The highest BCUT2D eigenvalue weighted by atomic mass is 19.1. The summed E-state index contributed by atoms with van der Waals surface area (Å²) in [6.07, 6.45) is 1.03. The minimum absolute atomic E-state index is 0.257. The van der Waals surface area contributed by atoms with Gasteiger partial charge in [0.25, 0.3) is 5.91 Å². The predicted molar refractivity (Wildman–Crippen MR) is 65.9 cm³/mol. The van der Waals surface area contributed by atoms with Crippen LogP contribution in [-0.2, 0) is 0 Å². The van der Waals surface area contributed by atoms with Gasteiger partial charge in [-0.15, -0.1) is 0 Å². The van der Waals surface area contributed by atoms with Crippen LogP contribution in [-0.4, -0.2) is 22.9 Å². The summed E-state index contributed by atoms with van der Waals surface area (Å²) in [7, 11) is 1.71. The summed E-state index contributed by atoms with van der Waals surface area (Å²) in [6.45, 7) is 0. The molecule has 0 spiro atoms. The van der Waals surface area contributed by atoms with E-state index < -0.39 is 11.7 Å². The van der Waals surface area contributed by atoms with Crippen molar-refractivity contribution in [3.8, 4) is 0 Å². The number of carbonyl (C=O) groups is 1. The van der Waals surface area contributed by atoms with E-state index in [4.69, 9.17) is 0 Å². The van der Waals surface area contributed by atoms with Crippen LogP contribution in [0.15, 0.2) is 36.5 Å². The second-order valence-electron chi connectivity index (χ2n) is 3.47. The Labute approximate surface area is 103 Å². The molecule has 0 aromatic carbocycles. The van der Waals surface area contributed by atoms with E-state index in [0.717, 1.165) is 6.20 Å². The molecule has 92 valence electrons. The van der Waals surface area contributed by atoms with Gasteiger partial charge in [0, 0.05) is 7.05 Å². The third-order valence-electron chi connectivity index (χ3n) is 2.21. The van der Waals surface area contributed by atoms with E-state index in [1.54, 1.807) is 25.2 Å². The van der Waals surface area contributed by atoms with Crippen LogP contribution in [0.2, 0.25) is 0 Å².